The Morgan fingerprint density at radius 1 is 1.47 bits per heavy atom. The van der Waals surface area contributed by atoms with Gasteiger partial charge in [0.05, 0.1) is 6.54 Å². The highest BCUT2D eigenvalue weighted by atomic mass is 79.9. The van der Waals surface area contributed by atoms with Gasteiger partial charge in [-0.15, -0.1) is 0 Å². The summed E-state index contributed by atoms with van der Waals surface area (Å²) in [5.74, 6) is 0.634. The predicted molar refractivity (Wildman–Crippen MR) is 76.4 cm³/mol. The Labute approximate surface area is 122 Å². The van der Waals surface area contributed by atoms with Crippen LogP contribution in [0, 0.1) is 0 Å². The lowest BCUT2D eigenvalue weighted by Gasteiger charge is -2.03. The van der Waals surface area contributed by atoms with Gasteiger partial charge in [0.15, 0.2) is 4.67 Å². The van der Waals surface area contributed by atoms with Crippen molar-refractivity contribution >= 4 is 26.0 Å². The van der Waals surface area contributed by atoms with Crippen LogP contribution in [0.5, 0.6) is 0 Å². The summed E-state index contributed by atoms with van der Waals surface area (Å²) in [6, 6.07) is 2.14. The van der Waals surface area contributed by atoms with E-state index in [0.29, 0.717) is 24.9 Å². The fourth-order valence-electron chi connectivity index (χ4n) is 1.66. The van der Waals surface area contributed by atoms with Crippen molar-refractivity contribution in [3.05, 3.63) is 16.5 Å². The number of hydrogen-bond acceptors (Lipinski definition) is 4. The summed E-state index contributed by atoms with van der Waals surface area (Å²) in [5, 5.41) is 3.29. The summed E-state index contributed by atoms with van der Waals surface area (Å²) in [6.07, 6.45) is 4.15. The minimum atomic E-state index is -3.48. The molecule has 0 bridgehead atoms. The maximum absolute atomic E-state index is 12.1. The van der Waals surface area contributed by atoms with E-state index in [2.05, 4.69) is 26.0 Å². The van der Waals surface area contributed by atoms with Gasteiger partial charge in [0, 0.05) is 18.7 Å². The lowest BCUT2D eigenvalue weighted by molar-refractivity contribution is 0.460. The number of sulfonamides is 1. The quantitative estimate of drug-likeness (QED) is 0.706. The average Bonchev–Trinajstić information content (AvgIpc) is 3.09. The second-order valence-corrected chi connectivity index (χ2v) is 7.21. The number of unbranched alkanes of at least 4 members (excludes halogenated alkanes) is 1. The van der Waals surface area contributed by atoms with Crippen molar-refractivity contribution in [2.45, 2.75) is 50.1 Å². The van der Waals surface area contributed by atoms with Gasteiger partial charge in [0.2, 0.25) is 10.0 Å². The molecule has 1 aromatic heterocycles. The summed E-state index contributed by atoms with van der Waals surface area (Å²) >= 11 is 3.17. The first-order valence-corrected chi connectivity index (χ1v) is 8.82. The van der Waals surface area contributed by atoms with Crippen LogP contribution in [0.1, 0.15) is 38.4 Å². The number of halogens is 1. The molecule has 1 fully saturated rings. The normalized spacial score (nSPS) is 15.9. The molecule has 1 aliphatic carbocycles. The first kappa shape index (κ1) is 15.0. The Bertz CT molecular complexity index is 523. The van der Waals surface area contributed by atoms with E-state index in [4.69, 9.17) is 4.42 Å². The molecule has 1 aliphatic rings. The van der Waals surface area contributed by atoms with Crippen molar-refractivity contribution in [2.24, 2.45) is 0 Å². The second kappa shape index (κ2) is 6.39. The third-order valence-corrected chi connectivity index (χ3v) is 5.28. The summed E-state index contributed by atoms with van der Waals surface area (Å²) in [6.45, 7) is 3.03. The van der Waals surface area contributed by atoms with Crippen LogP contribution in [0.4, 0.5) is 0 Å². The van der Waals surface area contributed by atoms with Gasteiger partial charge in [-0.25, -0.2) is 13.1 Å². The molecule has 0 aromatic carbocycles. The predicted octanol–water partition coefficient (Wildman–Crippen LogP) is 2.37. The fraction of sp³-hybridized carbons (Fsp3) is 0.667. The molecule has 2 N–H and O–H groups in total. The highest BCUT2D eigenvalue weighted by molar-refractivity contribution is 9.10. The van der Waals surface area contributed by atoms with Crippen LogP contribution in [0.3, 0.4) is 0 Å². The van der Waals surface area contributed by atoms with Crippen LogP contribution >= 0.6 is 15.9 Å². The third kappa shape index (κ3) is 4.30. The molecule has 0 radical (unpaired) electrons. The third-order valence-electron chi connectivity index (χ3n) is 2.96. The van der Waals surface area contributed by atoms with Gasteiger partial charge >= 0.3 is 0 Å². The molecule has 108 valence electrons. The van der Waals surface area contributed by atoms with Crippen molar-refractivity contribution in [1.29, 1.82) is 0 Å². The van der Waals surface area contributed by atoms with Gasteiger partial charge < -0.3 is 9.73 Å². The molecule has 2 rings (SSSR count). The molecule has 0 atom stereocenters. The largest absolute Gasteiger partial charge is 0.452 e. The number of hydrogen-bond donors (Lipinski definition) is 2. The highest BCUT2D eigenvalue weighted by Gasteiger charge is 2.24. The zero-order chi connectivity index (χ0) is 13.9. The Kier molecular flexibility index (Phi) is 5.05. The Morgan fingerprint density at radius 2 is 2.21 bits per heavy atom. The molecule has 0 spiro atoms. The molecule has 19 heavy (non-hydrogen) atoms. The van der Waals surface area contributed by atoms with E-state index in [-0.39, 0.29) is 9.56 Å². The molecule has 1 saturated carbocycles. The summed E-state index contributed by atoms with van der Waals surface area (Å²) in [7, 11) is -3.48. The van der Waals surface area contributed by atoms with Crippen molar-refractivity contribution in [2.75, 3.05) is 6.54 Å². The van der Waals surface area contributed by atoms with Crippen molar-refractivity contribution in [1.82, 2.24) is 10.0 Å². The standard InChI is InChI=1S/C12H19BrN2O3S/c1-2-3-6-15-19(16,17)11-7-10(18-12(11)13)8-14-9-4-5-9/h7,9,14-15H,2-6,8H2,1H3. The lowest BCUT2D eigenvalue weighted by Crippen LogP contribution is -2.24. The molecule has 1 heterocycles. The van der Waals surface area contributed by atoms with Crippen molar-refractivity contribution in [3.8, 4) is 0 Å². The molecule has 0 unspecified atom stereocenters. The number of rotatable bonds is 8. The fourth-order valence-corrected chi connectivity index (χ4v) is 3.73. The van der Waals surface area contributed by atoms with E-state index in [9.17, 15) is 8.42 Å². The second-order valence-electron chi connectivity index (χ2n) is 4.76. The highest BCUT2D eigenvalue weighted by Crippen LogP contribution is 2.27. The monoisotopic (exact) mass is 350 g/mol. The SMILES string of the molecule is CCCCNS(=O)(=O)c1cc(CNC2CC2)oc1Br. The van der Waals surface area contributed by atoms with Gasteiger partial charge in [-0.1, -0.05) is 13.3 Å². The maximum atomic E-state index is 12.1. The van der Waals surface area contributed by atoms with E-state index in [1.54, 1.807) is 6.07 Å². The van der Waals surface area contributed by atoms with Crippen LogP contribution in [-0.4, -0.2) is 21.0 Å². The van der Waals surface area contributed by atoms with Gasteiger partial charge in [0.1, 0.15) is 10.7 Å². The number of furan rings is 1. The number of nitrogens with one attached hydrogen (secondary N) is 2. The van der Waals surface area contributed by atoms with E-state index in [1.165, 1.54) is 12.8 Å². The topological polar surface area (TPSA) is 71.3 Å². The average molecular weight is 351 g/mol. The minimum absolute atomic E-state index is 0.177. The Balaban J connectivity index is 2.01. The Hall–Kier alpha value is -0.370. The van der Waals surface area contributed by atoms with Gasteiger partial charge in [-0.3, -0.25) is 0 Å². The first-order valence-electron chi connectivity index (χ1n) is 6.54. The van der Waals surface area contributed by atoms with E-state index in [1.807, 2.05) is 6.92 Å². The van der Waals surface area contributed by atoms with Crippen LogP contribution in [-0.2, 0) is 16.6 Å². The first-order chi connectivity index (χ1) is 9.03. The van der Waals surface area contributed by atoms with Crippen LogP contribution in [0.2, 0.25) is 0 Å². The van der Waals surface area contributed by atoms with Gasteiger partial charge in [-0.2, -0.15) is 0 Å². The van der Waals surface area contributed by atoms with E-state index < -0.39 is 10.0 Å². The molecular weight excluding hydrogens is 332 g/mol. The molecular formula is C12H19BrN2O3S. The van der Waals surface area contributed by atoms with Crippen molar-refractivity contribution < 1.29 is 12.8 Å². The zero-order valence-electron chi connectivity index (χ0n) is 10.9. The molecule has 1 aromatic rings. The van der Waals surface area contributed by atoms with E-state index >= 15 is 0 Å². The van der Waals surface area contributed by atoms with Crippen LogP contribution in [0.15, 0.2) is 20.0 Å². The maximum Gasteiger partial charge on any atom is 0.244 e. The van der Waals surface area contributed by atoms with Crippen LogP contribution < -0.4 is 10.0 Å². The summed E-state index contributed by atoms with van der Waals surface area (Å²) in [5.41, 5.74) is 0. The molecule has 0 saturated heterocycles. The van der Waals surface area contributed by atoms with Crippen LogP contribution in [0.25, 0.3) is 0 Å². The molecule has 5 nitrogen and oxygen atoms in total. The van der Waals surface area contributed by atoms with Gasteiger partial charge in [0.25, 0.3) is 0 Å². The minimum Gasteiger partial charge on any atom is -0.452 e. The van der Waals surface area contributed by atoms with Crippen molar-refractivity contribution in [3.63, 3.8) is 0 Å². The summed E-state index contributed by atoms with van der Waals surface area (Å²) in [4.78, 5) is 0.177. The zero-order valence-corrected chi connectivity index (χ0v) is 13.3. The summed E-state index contributed by atoms with van der Waals surface area (Å²) < 4.78 is 32.4. The Morgan fingerprint density at radius 3 is 2.84 bits per heavy atom. The molecule has 7 heteroatoms. The lowest BCUT2D eigenvalue weighted by atomic mass is 10.3. The molecule has 0 amide bonds. The smallest absolute Gasteiger partial charge is 0.244 e. The van der Waals surface area contributed by atoms with E-state index in [0.717, 1.165) is 12.8 Å². The van der Waals surface area contributed by atoms with Gasteiger partial charge in [-0.05, 0) is 35.2 Å². The molecule has 0 aliphatic heterocycles.